The smallest absolute Gasteiger partial charge is 0.227 e. The Bertz CT molecular complexity index is 1080. The van der Waals surface area contributed by atoms with Crippen LogP contribution in [0.3, 0.4) is 0 Å². The third-order valence-corrected chi connectivity index (χ3v) is 6.82. The molecule has 2 aromatic heterocycles. The number of nitrogens with zero attached hydrogens (tertiary/aromatic N) is 5. The highest BCUT2D eigenvalue weighted by molar-refractivity contribution is 5.97. The fourth-order valence-electron chi connectivity index (χ4n) is 5.05. The highest BCUT2D eigenvalue weighted by Gasteiger charge is 2.44. The molecule has 7 nitrogen and oxygen atoms in total. The minimum atomic E-state index is 0.426. The first kappa shape index (κ1) is 16.3. The molecule has 1 spiro atoms. The van der Waals surface area contributed by atoms with Crippen LogP contribution in [0.25, 0.3) is 22.2 Å². The van der Waals surface area contributed by atoms with Crippen molar-refractivity contribution >= 4 is 22.7 Å². The zero-order chi connectivity index (χ0) is 18.9. The number of likely N-dealkylation sites (N-methyl/N-ethyl adjacent to an activating group) is 1. The third-order valence-electron chi connectivity index (χ3n) is 6.82. The summed E-state index contributed by atoms with van der Waals surface area (Å²) in [5.74, 6) is 1.97. The van der Waals surface area contributed by atoms with Crippen LogP contribution < -0.4 is 15.1 Å². The van der Waals surface area contributed by atoms with E-state index in [0.717, 1.165) is 67.5 Å². The summed E-state index contributed by atoms with van der Waals surface area (Å²) in [4.78, 5) is 14.9. The highest BCUT2D eigenvalue weighted by Crippen LogP contribution is 2.41. The number of rotatable bonds is 2. The van der Waals surface area contributed by atoms with Gasteiger partial charge in [-0.2, -0.15) is 10.1 Å². The van der Waals surface area contributed by atoms with Crippen LogP contribution in [0.15, 0.2) is 18.3 Å². The molecule has 0 atom stereocenters. The first-order valence-electron chi connectivity index (χ1n) is 10.1. The summed E-state index contributed by atoms with van der Waals surface area (Å²) in [6.45, 7) is 7.49. The average Bonchev–Trinajstić information content (AvgIpc) is 3.39. The lowest BCUT2D eigenvalue weighted by Crippen LogP contribution is -2.54. The molecule has 144 valence electrons. The predicted molar refractivity (Wildman–Crippen MR) is 111 cm³/mol. The first-order chi connectivity index (χ1) is 13.6. The Morgan fingerprint density at radius 1 is 1.14 bits per heavy atom. The van der Waals surface area contributed by atoms with E-state index in [-0.39, 0.29) is 0 Å². The zero-order valence-corrected chi connectivity index (χ0v) is 16.4. The second-order valence-electron chi connectivity index (χ2n) is 8.71. The number of aromatic amines is 1. The number of aryl methyl sites for hydroxylation is 1. The van der Waals surface area contributed by atoms with Crippen molar-refractivity contribution in [3.05, 3.63) is 29.5 Å². The molecular formula is C21H25N7. The first-order valence-corrected chi connectivity index (χ1v) is 10.1. The minimum Gasteiger partial charge on any atom is -0.359 e. The summed E-state index contributed by atoms with van der Waals surface area (Å²) in [5, 5.41) is 12.0. The van der Waals surface area contributed by atoms with Crippen LogP contribution in [-0.4, -0.2) is 59.9 Å². The van der Waals surface area contributed by atoms with Gasteiger partial charge in [-0.05, 0) is 31.4 Å². The van der Waals surface area contributed by atoms with Gasteiger partial charge in [0.1, 0.15) is 5.82 Å². The number of hydrogen-bond donors (Lipinski definition) is 2. The number of H-pyrrole nitrogens is 1. The van der Waals surface area contributed by atoms with E-state index in [4.69, 9.17) is 9.97 Å². The number of nitrogens with one attached hydrogen (secondary N) is 2. The molecule has 0 aliphatic carbocycles. The molecule has 0 radical (unpaired) electrons. The second kappa shape index (κ2) is 5.67. The Kier molecular flexibility index (Phi) is 3.30. The third kappa shape index (κ3) is 2.22. The normalized spacial score (nSPS) is 20.2. The van der Waals surface area contributed by atoms with Gasteiger partial charge in [-0.3, -0.25) is 5.10 Å². The summed E-state index contributed by atoms with van der Waals surface area (Å²) in [5.41, 5.74) is 6.26. The fraction of sp³-hybridized carbons (Fsp3) is 0.476. The fourth-order valence-corrected chi connectivity index (χ4v) is 5.05. The Balaban J connectivity index is 1.53. The number of fused-ring (bicyclic) bond motifs is 2. The van der Waals surface area contributed by atoms with Crippen LogP contribution in [0, 0.1) is 12.3 Å². The van der Waals surface area contributed by atoms with Gasteiger partial charge < -0.3 is 15.1 Å². The Labute approximate surface area is 164 Å². The molecule has 0 amide bonds. The summed E-state index contributed by atoms with van der Waals surface area (Å²) < 4.78 is 0. The van der Waals surface area contributed by atoms with E-state index < -0.39 is 0 Å². The minimum absolute atomic E-state index is 0.426. The van der Waals surface area contributed by atoms with E-state index in [0.29, 0.717) is 5.41 Å². The molecule has 0 unspecified atom stereocenters. The van der Waals surface area contributed by atoms with Crippen LogP contribution in [0.4, 0.5) is 11.8 Å². The summed E-state index contributed by atoms with van der Waals surface area (Å²) in [6, 6.07) is 4.26. The molecule has 5 heterocycles. The van der Waals surface area contributed by atoms with Gasteiger partial charge in [-0.1, -0.05) is 6.07 Å². The van der Waals surface area contributed by atoms with Crippen LogP contribution in [-0.2, 0) is 6.42 Å². The number of benzene rings is 1. The average molecular weight is 375 g/mol. The van der Waals surface area contributed by atoms with Gasteiger partial charge in [0.25, 0.3) is 0 Å². The maximum absolute atomic E-state index is 5.17. The Morgan fingerprint density at radius 3 is 2.82 bits per heavy atom. The van der Waals surface area contributed by atoms with Crippen molar-refractivity contribution in [2.45, 2.75) is 19.8 Å². The SMILES string of the molecule is Cc1ccc2[nH]ncc2c1-c1nc(N2CCC3(CNC3)C2)nc2c1CCN2C. The molecule has 2 fully saturated rings. The van der Waals surface area contributed by atoms with Gasteiger partial charge in [-0.25, -0.2) is 4.98 Å². The maximum atomic E-state index is 5.17. The van der Waals surface area contributed by atoms with Gasteiger partial charge in [0.05, 0.1) is 17.4 Å². The van der Waals surface area contributed by atoms with Crippen molar-refractivity contribution in [2.24, 2.45) is 5.41 Å². The monoisotopic (exact) mass is 375 g/mol. The van der Waals surface area contributed by atoms with E-state index in [9.17, 15) is 0 Å². The molecular weight excluding hydrogens is 350 g/mol. The largest absolute Gasteiger partial charge is 0.359 e. The molecule has 28 heavy (non-hydrogen) atoms. The van der Waals surface area contributed by atoms with Gasteiger partial charge in [0, 0.05) is 61.7 Å². The summed E-state index contributed by atoms with van der Waals surface area (Å²) in [6.07, 6.45) is 4.14. The standard InChI is InChI=1S/C21H25N7/c1-13-3-4-16-15(9-23-26-16)17(13)18-14-5-7-27(2)19(14)25-20(24-18)28-8-6-21(12-28)10-22-11-21/h3-4,9,22H,5-8,10-12H2,1-2H3,(H,23,26). The van der Waals surface area contributed by atoms with Crippen molar-refractivity contribution in [1.29, 1.82) is 0 Å². The molecule has 3 aliphatic rings. The van der Waals surface area contributed by atoms with Crippen LogP contribution in [0.2, 0.25) is 0 Å². The number of hydrogen-bond acceptors (Lipinski definition) is 6. The van der Waals surface area contributed by atoms with Crippen LogP contribution in [0.1, 0.15) is 17.5 Å². The van der Waals surface area contributed by atoms with E-state index in [1.165, 1.54) is 23.1 Å². The van der Waals surface area contributed by atoms with E-state index in [1.54, 1.807) is 0 Å². The Morgan fingerprint density at radius 2 is 2.04 bits per heavy atom. The molecule has 0 saturated carbocycles. The van der Waals surface area contributed by atoms with Crippen molar-refractivity contribution in [2.75, 3.05) is 49.6 Å². The summed E-state index contributed by atoms with van der Waals surface area (Å²) >= 11 is 0. The topological polar surface area (TPSA) is 73.0 Å². The molecule has 6 rings (SSSR count). The zero-order valence-electron chi connectivity index (χ0n) is 16.4. The number of aromatic nitrogens is 4. The molecule has 3 aromatic rings. The molecule has 7 heteroatoms. The predicted octanol–water partition coefficient (Wildman–Crippen LogP) is 2.12. The van der Waals surface area contributed by atoms with E-state index in [1.807, 2.05) is 6.20 Å². The maximum Gasteiger partial charge on any atom is 0.227 e. The lowest BCUT2D eigenvalue weighted by Gasteiger charge is -2.39. The van der Waals surface area contributed by atoms with Gasteiger partial charge in [0.15, 0.2) is 0 Å². The van der Waals surface area contributed by atoms with Crippen LogP contribution in [0.5, 0.6) is 0 Å². The lowest BCUT2D eigenvalue weighted by molar-refractivity contribution is 0.199. The molecule has 2 saturated heterocycles. The van der Waals surface area contributed by atoms with Crippen LogP contribution >= 0.6 is 0 Å². The summed E-state index contributed by atoms with van der Waals surface area (Å²) in [7, 11) is 2.14. The van der Waals surface area contributed by atoms with Crippen molar-refractivity contribution in [3.63, 3.8) is 0 Å². The van der Waals surface area contributed by atoms with Crippen molar-refractivity contribution in [3.8, 4) is 11.3 Å². The van der Waals surface area contributed by atoms with E-state index in [2.05, 4.69) is 51.4 Å². The Hall–Kier alpha value is -2.67. The van der Waals surface area contributed by atoms with Crippen molar-refractivity contribution in [1.82, 2.24) is 25.5 Å². The second-order valence-corrected chi connectivity index (χ2v) is 8.71. The van der Waals surface area contributed by atoms with Crippen molar-refractivity contribution < 1.29 is 0 Å². The highest BCUT2D eigenvalue weighted by atomic mass is 15.3. The van der Waals surface area contributed by atoms with Gasteiger partial charge in [0.2, 0.25) is 5.95 Å². The van der Waals surface area contributed by atoms with Gasteiger partial charge in [-0.15, -0.1) is 0 Å². The van der Waals surface area contributed by atoms with Gasteiger partial charge >= 0.3 is 0 Å². The van der Waals surface area contributed by atoms with E-state index >= 15 is 0 Å². The number of anilines is 2. The molecule has 2 N–H and O–H groups in total. The molecule has 0 bridgehead atoms. The quantitative estimate of drug-likeness (QED) is 0.715. The molecule has 1 aromatic carbocycles. The molecule has 3 aliphatic heterocycles. The lowest BCUT2D eigenvalue weighted by atomic mass is 9.81.